The van der Waals surface area contributed by atoms with E-state index in [9.17, 15) is 0 Å². The van der Waals surface area contributed by atoms with Gasteiger partial charge in [0.25, 0.3) is 6.47 Å². The predicted octanol–water partition coefficient (Wildman–Crippen LogP) is 4.26. The van der Waals surface area contributed by atoms with E-state index in [0.717, 1.165) is 6.42 Å². The Morgan fingerprint density at radius 2 is 1.53 bits per heavy atom. The molecule has 0 bridgehead atoms. The lowest BCUT2D eigenvalue weighted by Crippen LogP contribution is -1.83. The molecule has 0 saturated heterocycles. The SMILES string of the molecule is CCc1cccc2cc3ccccc3cc12.O=CO. The van der Waals surface area contributed by atoms with Crippen LogP contribution in [0.2, 0.25) is 0 Å². The monoisotopic (exact) mass is 252 g/mol. The van der Waals surface area contributed by atoms with Gasteiger partial charge in [0.05, 0.1) is 0 Å². The lowest BCUT2D eigenvalue weighted by Gasteiger charge is -2.06. The van der Waals surface area contributed by atoms with Crippen LogP contribution in [0.4, 0.5) is 0 Å². The average molecular weight is 252 g/mol. The molecule has 96 valence electrons. The van der Waals surface area contributed by atoms with E-state index in [-0.39, 0.29) is 6.47 Å². The highest BCUT2D eigenvalue weighted by Gasteiger charge is 2.00. The molecule has 0 amide bonds. The van der Waals surface area contributed by atoms with E-state index in [1.165, 1.54) is 27.1 Å². The summed E-state index contributed by atoms with van der Waals surface area (Å²) in [5.74, 6) is 0. The number of rotatable bonds is 1. The van der Waals surface area contributed by atoms with Crippen LogP contribution in [0.3, 0.4) is 0 Å². The van der Waals surface area contributed by atoms with Gasteiger partial charge >= 0.3 is 0 Å². The number of hydrogen-bond donors (Lipinski definition) is 1. The maximum absolute atomic E-state index is 8.36. The van der Waals surface area contributed by atoms with Crippen molar-refractivity contribution in [1.29, 1.82) is 0 Å². The average Bonchev–Trinajstić information content (AvgIpc) is 2.45. The van der Waals surface area contributed by atoms with Crippen LogP contribution in [0.25, 0.3) is 21.5 Å². The fourth-order valence-corrected chi connectivity index (χ4v) is 2.34. The maximum Gasteiger partial charge on any atom is 0.290 e. The molecule has 0 unspecified atom stereocenters. The van der Waals surface area contributed by atoms with Crippen LogP contribution in [0, 0.1) is 0 Å². The van der Waals surface area contributed by atoms with Crippen molar-refractivity contribution in [3.8, 4) is 0 Å². The molecule has 0 aliphatic rings. The zero-order valence-electron chi connectivity index (χ0n) is 10.8. The smallest absolute Gasteiger partial charge is 0.290 e. The van der Waals surface area contributed by atoms with Crippen molar-refractivity contribution in [2.75, 3.05) is 0 Å². The zero-order valence-corrected chi connectivity index (χ0v) is 10.8. The van der Waals surface area contributed by atoms with E-state index in [1.54, 1.807) is 0 Å². The van der Waals surface area contributed by atoms with E-state index in [1.807, 2.05) is 0 Å². The third-order valence-corrected chi connectivity index (χ3v) is 3.22. The molecule has 1 N–H and O–H groups in total. The van der Waals surface area contributed by atoms with Crippen molar-refractivity contribution in [3.05, 3.63) is 60.2 Å². The number of benzene rings is 3. The highest BCUT2D eigenvalue weighted by molar-refractivity contribution is 5.99. The summed E-state index contributed by atoms with van der Waals surface area (Å²) in [7, 11) is 0. The van der Waals surface area contributed by atoms with Crippen molar-refractivity contribution < 1.29 is 9.90 Å². The van der Waals surface area contributed by atoms with E-state index in [4.69, 9.17) is 9.90 Å². The highest BCUT2D eigenvalue weighted by atomic mass is 16.3. The normalized spacial score (nSPS) is 9.95. The largest absolute Gasteiger partial charge is 0.483 e. The predicted molar refractivity (Wildman–Crippen MR) is 79.5 cm³/mol. The Bertz CT molecular complexity index is 702. The standard InChI is InChI=1S/C16H14.CH2O2/c1-2-12-8-5-9-15-10-13-6-3-4-7-14(13)11-16(12)15;2-1-3/h3-11H,2H2,1H3;1H,(H,2,3). The fourth-order valence-electron chi connectivity index (χ4n) is 2.34. The van der Waals surface area contributed by atoms with Gasteiger partial charge in [0.1, 0.15) is 0 Å². The molecule has 3 aromatic rings. The molecule has 3 rings (SSSR count). The minimum Gasteiger partial charge on any atom is -0.483 e. The molecule has 0 aliphatic heterocycles. The van der Waals surface area contributed by atoms with E-state index >= 15 is 0 Å². The van der Waals surface area contributed by atoms with Crippen molar-refractivity contribution in [2.24, 2.45) is 0 Å². The molecule has 0 fully saturated rings. The molecule has 2 heteroatoms. The second kappa shape index (κ2) is 6.01. The van der Waals surface area contributed by atoms with Crippen LogP contribution in [0.5, 0.6) is 0 Å². The Kier molecular flexibility index (Phi) is 4.14. The molecular formula is C17H16O2. The van der Waals surface area contributed by atoms with E-state index < -0.39 is 0 Å². The number of fused-ring (bicyclic) bond motifs is 2. The minimum absolute atomic E-state index is 0.250. The molecule has 0 heterocycles. The van der Waals surface area contributed by atoms with Crippen LogP contribution < -0.4 is 0 Å². The molecule has 0 saturated carbocycles. The van der Waals surface area contributed by atoms with Gasteiger partial charge in [-0.2, -0.15) is 0 Å². The van der Waals surface area contributed by atoms with Gasteiger partial charge in [-0.3, -0.25) is 4.79 Å². The quantitative estimate of drug-likeness (QED) is 0.519. The van der Waals surface area contributed by atoms with Gasteiger partial charge in [-0.15, -0.1) is 0 Å². The molecule has 0 aromatic heterocycles. The maximum atomic E-state index is 8.36. The van der Waals surface area contributed by atoms with Crippen LogP contribution in [-0.2, 0) is 11.2 Å². The van der Waals surface area contributed by atoms with Crippen LogP contribution in [0.1, 0.15) is 12.5 Å². The molecule has 19 heavy (non-hydrogen) atoms. The molecule has 2 nitrogen and oxygen atoms in total. The van der Waals surface area contributed by atoms with E-state index in [2.05, 4.69) is 61.5 Å². The second-order valence-corrected chi connectivity index (χ2v) is 4.30. The van der Waals surface area contributed by atoms with Gasteiger partial charge in [0, 0.05) is 0 Å². The first-order valence-corrected chi connectivity index (χ1v) is 6.28. The zero-order chi connectivity index (χ0) is 13.7. The van der Waals surface area contributed by atoms with Gasteiger partial charge in [0.2, 0.25) is 0 Å². The fraction of sp³-hybridized carbons (Fsp3) is 0.118. The summed E-state index contributed by atoms with van der Waals surface area (Å²) in [6, 6.07) is 19.7. The Morgan fingerprint density at radius 1 is 0.947 bits per heavy atom. The Labute approximate surface area is 112 Å². The lowest BCUT2D eigenvalue weighted by molar-refractivity contribution is -0.122. The molecule has 3 aromatic carbocycles. The first-order valence-electron chi connectivity index (χ1n) is 6.28. The number of hydrogen-bond acceptors (Lipinski definition) is 1. The number of carbonyl (C=O) groups is 1. The third-order valence-electron chi connectivity index (χ3n) is 3.22. The molecule has 0 radical (unpaired) electrons. The molecule has 0 spiro atoms. The van der Waals surface area contributed by atoms with Gasteiger partial charge in [0.15, 0.2) is 0 Å². The lowest BCUT2D eigenvalue weighted by atomic mass is 9.99. The summed E-state index contributed by atoms with van der Waals surface area (Å²) in [6.07, 6.45) is 1.09. The Balaban J connectivity index is 0.000000408. The summed E-state index contributed by atoms with van der Waals surface area (Å²) < 4.78 is 0. The third kappa shape index (κ3) is 2.74. The minimum atomic E-state index is -0.250. The van der Waals surface area contributed by atoms with Crippen molar-refractivity contribution in [3.63, 3.8) is 0 Å². The number of aryl methyl sites for hydroxylation is 1. The van der Waals surface area contributed by atoms with Gasteiger partial charge in [-0.05, 0) is 45.7 Å². The Hall–Kier alpha value is -2.35. The molecular weight excluding hydrogens is 236 g/mol. The first-order chi connectivity index (χ1) is 9.30. The summed E-state index contributed by atoms with van der Waals surface area (Å²) in [5.41, 5.74) is 1.43. The first kappa shape index (κ1) is 13.1. The van der Waals surface area contributed by atoms with Crippen molar-refractivity contribution in [1.82, 2.24) is 0 Å². The second-order valence-electron chi connectivity index (χ2n) is 4.30. The van der Waals surface area contributed by atoms with Crippen molar-refractivity contribution in [2.45, 2.75) is 13.3 Å². The Morgan fingerprint density at radius 3 is 2.16 bits per heavy atom. The van der Waals surface area contributed by atoms with Crippen LogP contribution >= 0.6 is 0 Å². The van der Waals surface area contributed by atoms with Gasteiger partial charge in [-0.25, -0.2) is 0 Å². The summed E-state index contributed by atoms with van der Waals surface area (Å²) >= 11 is 0. The molecule has 0 atom stereocenters. The van der Waals surface area contributed by atoms with Crippen LogP contribution in [-0.4, -0.2) is 11.6 Å². The summed E-state index contributed by atoms with van der Waals surface area (Å²) in [5, 5.41) is 12.3. The summed E-state index contributed by atoms with van der Waals surface area (Å²) in [6.45, 7) is 1.96. The van der Waals surface area contributed by atoms with E-state index in [0.29, 0.717) is 0 Å². The van der Waals surface area contributed by atoms with Gasteiger partial charge in [-0.1, -0.05) is 49.4 Å². The number of carboxylic acid groups (broad SMARTS) is 1. The van der Waals surface area contributed by atoms with Crippen LogP contribution in [0.15, 0.2) is 54.6 Å². The molecule has 0 aliphatic carbocycles. The topological polar surface area (TPSA) is 37.3 Å². The van der Waals surface area contributed by atoms with Gasteiger partial charge < -0.3 is 5.11 Å². The summed E-state index contributed by atoms with van der Waals surface area (Å²) in [4.78, 5) is 8.36. The van der Waals surface area contributed by atoms with Crippen molar-refractivity contribution >= 4 is 28.0 Å². The highest BCUT2D eigenvalue weighted by Crippen LogP contribution is 2.25.